The number of hydrogen-bond donors (Lipinski definition) is 1. The Morgan fingerprint density at radius 3 is 2.64 bits per heavy atom. The molecule has 1 aliphatic heterocycles. The van der Waals surface area contributed by atoms with Crippen LogP contribution in [0.4, 0.5) is 5.00 Å². The number of rotatable bonds is 3. The number of benzene rings is 1. The third kappa shape index (κ3) is 2.95. The second kappa shape index (κ2) is 6.66. The van der Waals surface area contributed by atoms with E-state index in [1.807, 2.05) is 30.3 Å². The van der Waals surface area contributed by atoms with Gasteiger partial charge in [-0.2, -0.15) is 9.64 Å². The number of aliphatic hydroxyl groups excluding tert-OH is 1. The maximum absolute atomic E-state index is 10.5. The summed E-state index contributed by atoms with van der Waals surface area (Å²) in [5, 5.41) is 20.8. The van der Waals surface area contributed by atoms with E-state index in [1.165, 1.54) is 11.5 Å². The lowest BCUT2D eigenvalue weighted by Crippen LogP contribution is -2.35. The van der Waals surface area contributed by atoms with Gasteiger partial charge in [0.25, 0.3) is 0 Å². The summed E-state index contributed by atoms with van der Waals surface area (Å²) in [5.41, 5.74) is 1.44. The van der Waals surface area contributed by atoms with E-state index in [2.05, 4.69) is 15.3 Å². The molecule has 2 heterocycles. The van der Waals surface area contributed by atoms with Crippen molar-refractivity contribution in [1.29, 1.82) is 5.26 Å². The van der Waals surface area contributed by atoms with E-state index >= 15 is 0 Å². The topological polar surface area (TPSA) is 60.2 Å². The molecule has 2 aromatic rings. The van der Waals surface area contributed by atoms with Gasteiger partial charge in [0.2, 0.25) is 0 Å². The standard InChI is InChI=1S/C16H16ClN3OS/c17-15-13(10-18)16(22-19-15)20-8-6-12(7-9-20)14(21)11-4-2-1-3-5-11/h1-5,12,14,21H,6-9H2. The number of aromatic nitrogens is 1. The molecule has 0 saturated carbocycles. The van der Waals surface area contributed by atoms with E-state index in [1.54, 1.807) is 0 Å². The molecule has 0 spiro atoms. The number of halogens is 1. The molecule has 1 aromatic carbocycles. The SMILES string of the molecule is N#Cc1c(Cl)nsc1N1CCC(C(O)c2ccccc2)CC1. The second-order valence-corrected chi connectivity index (χ2v) is 6.56. The van der Waals surface area contributed by atoms with Crippen molar-refractivity contribution in [3.05, 3.63) is 46.6 Å². The van der Waals surface area contributed by atoms with Crippen LogP contribution in [-0.2, 0) is 0 Å². The van der Waals surface area contributed by atoms with Crippen LogP contribution in [-0.4, -0.2) is 22.6 Å². The van der Waals surface area contributed by atoms with Crippen LogP contribution in [0.5, 0.6) is 0 Å². The van der Waals surface area contributed by atoms with Gasteiger partial charge in [0.05, 0.1) is 6.10 Å². The fourth-order valence-electron chi connectivity index (χ4n) is 2.91. The van der Waals surface area contributed by atoms with E-state index < -0.39 is 6.10 Å². The van der Waals surface area contributed by atoms with E-state index in [9.17, 15) is 10.4 Å². The molecule has 1 atom stereocenters. The molecule has 0 aliphatic carbocycles. The normalized spacial score (nSPS) is 17.2. The highest BCUT2D eigenvalue weighted by Gasteiger charge is 2.28. The lowest BCUT2D eigenvalue weighted by molar-refractivity contribution is 0.0930. The van der Waals surface area contributed by atoms with Crippen LogP contribution in [0.25, 0.3) is 0 Å². The zero-order valence-corrected chi connectivity index (χ0v) is 13.5. The molecule has 0 amide bonds. The minimum Gasteiger partial charge on any atom is -0.388 e. The molecule has 1 unspecified atom stereocenters. The molecule has 1 fully saturated rings. The molecule has 1 aromatic heterocycles. The fourth-order valence-corrected chi connectivity index (χ4v) is 3.99. The minimum atomic E-state index is -0.427. The zero-order chi connectivity index (χ0) is 15.5. The van der Waals surface area contributed by atoms with Gasteiger partial charge < -0.3 is 10.0 Å². The van der Waals surface area contributed by atoms with Gasteiger partial charge in [-0.15, -0.1) is 0 Å². The van der Waals surface area contributed by atoms with Crippen LogP contribution in [0.1, 0.15) is 30.1 Å². The van der Waals surface area contributed by atoms with Crippen molar-refractivity contribution in [3.8, 4) is 6.07 Å². The maximum atomic E-state index is 10.5. The van der Waals surface area contributed by atoms with Crippen LogP contribution in [0.15, 0.2) is 30.3 Å². The molecular weight excluding hydrogens is 318 g/mol. The van der Waals surface area contributed by atoms with E-state index in [0.29, 0.717) is 5.56 Å². The summed E-state index contributed by atoms with van der Waals surface area (Å²) >= 11 is 7.21. The fraction of sp³-hybridized carbons (Fsp3) is 0.375. The van der Waals surface area contributed by atoms with Gasteiger partial charge in [0.1, 0.15) is 16.6 Å². The first-order chi connectivity index (χ1) is 10.7. The molecule has 4 nitrogen and oxygen atoms in total. The molecule has 3 rings (SSSR count). The highest BCUT2D eigenvalue weighted by molar-refractivity contribution is 7.10. The molecule has 1 N–H and O–H groups in total. The Balaban J connectivity index is 1.67. The molecule has 0 radical (unpaired) electrons. The van der Waals surface area contributed by atoms with Gasteiger partial charge in [-0.3, -0.25) is 0 Å². The Morgan fingerprint density at radius 1 is 1.32 bits per heavy atom. The molecule has 114 valence electrons. The van der Waals surface area contributed by atoms with Gasteiger partial charge in [-0.1, -0.05) is 41.9 Å². The minimum absolute atomic E-state index is 0.243. The first-order valence-corrected chi connectivity index (χ1v) is 8.39. The number of nitriles is 1. The van der Waals surface area contributed by atoms with Crippen molar-refractivity contribution in [2.75, 3.05) is 18.0 Å². The first-order valence-electron chi connectivity index (χ1n) is 7.24. The molecular formula is C16H16ClN3OS. The molecule has 1 saturated heterocycles. The van der Waals surface area contributed by atoms with E-state index in [-0.39, 0.29) is 11.1 Å². The van der Waals surface area contributed by atoms with Gasteiger partial charge in [0.15, 0.2) is 5.15 Å². The molecule has 6 heteroatoms. The van der Waals surface area contributed by atoms with Crippen molar-refractivity contribution in [3.63, 3.8) is 0 Å². The summed E-state index contributed by atoms with van der Waals surface area (Å²) in [7, 11) is 0. The second-order valence-electron chi connectivity index (χ2n) is 5.45. The summed E-state index contributed by atoms with van der Waals surface area (Å²) < 4.78 is 4.06. The Morgan fingerprint density at radius 2 is 2.00 bits per heavy atom. The predicted molar refractivity (Wildman–Crippen MR) is 88.2 cm³/mol. The third-order valence-corrected chi connectivity index (χ3v) is 5.44. The lowest BCUT2D eigenvalue weighted by atomic mass is 9.87. The quantitative estimate of drug-likeness (QED) is 0.932. The van der Waals surface area contributed by atoms with Gasteiger partial charge >= 0.3 is 0 Å². The van der Waals surface area contributed by atoms with Crippen molar-refractivity contribution < 1.29 is 5.11 Å². The van der Waals surface area contributed by atoms with Crippen LogP contribution in [0.3, 0.4) is 0 Å². The maximum Gasteiger partial charge on any atom is 0.162 e. The smallest absolute Gasteiger partial charge is 0.162 e. The van der Waals surface area contributed by atoms with Crippen LogP contribution in [0.2, 0.25) is 5.15 Å². The van der Waals surface area contributed by atoms with Crippen LogP contribution >= 0.6 is 23.1 Å². The van der Waals surface area contributed by atoms with E-state index in [0.717, 1.165) is 36.5 Å². The van der Waals surface area contributed by atoms with Crippen molar-refractivity contribution >= 4 is 28.1 Å². The summed E-state index contributed by atoms with van der Waals surface area (Å²) in [4.78, 5) is 2.15. The largest absolute Gasteiger partial charge is 0.388 e. The monoisotopic (exact) mass is 333 g/mol. The number of hydrogen-bond acceptors (Lipinski definition) is 5. The number of aliphatic hydroxyl groups is 1. The average Bonchev–Trinajstić information content (AvgIpc) is 2.96. The Bertz CT molecular complexity index is 674. The van der Waals surface area contributed by atoms with Gasteiger partial charge in [-0.05, 0) is 35.9 Å². The summed E-state index contributed by atoms with van der Waals surface area (Å²) in [6.07, 6.45) is 1.34. The third-order valence-electron chi connectivity index (χ3n) is 4.16. The summed E-state index contributed by atoms with van der Waals surface area (Å²) in [6.45, 7) is 1.61. The Labute approximate surface area is 138 Å². The van der Waals surface area contributed by atoms with Gasteiger partial charge in [0, 0.05) is 13.1 Å². The highest BCUT2D eigenvalue weighted by atomic mass is 35.5. The lowest BCUT2D eigenvalue weighted by Gasteiger charge is -2.34. The number of nitrogens with zero attached hydrogens (tertiary/aromatic N) is 3. The molecule has 0 bridgehead atoms. The van der Waals surface area contributed by atoms with Crippen molar-refractivity contribution in [2.45, 2.75) is 18.9 Å². The van der Waals surface area contributed by atoms with Crippen molar-refractivity contribution in [2.24, 2.45) is 5.92 Å². The first kappa shape index (κ1) is 15.3. The van der Waals surface area contributed by atoms with Crippen LogP contribution in [0, 0.1) is 17.2 Å². The zero-order valence-electron chi connectivity index (χ0n) is 11.9. The van der Waals surface area contributed by atoms with Crippen molar-refractivity contribution in [1.82, 2.24) is 4.37 Å². The molecule has 1 aliphatic rings. The average molecular weight is 334 g/mol. The Hall–Kier alpha value is -1.61. The summed E-state index contributed by atoms with van der Waals surface area (Å²) in [6, 6.07) is 11.9. The molecule has 22 heavy (non-hydrogen) atoms. The van der Waals surface area contributed by atoms with Crippen LogP contribution < -0.4 is 4.90 Å². The highest BCUT2D eigenvalue weighted by Crippen LogP contribution is 2.36. The number of piperidine rings is 1. The van der Waals surface area contributed by atoms with Gasteiger partial charge in [-0.25, -0.2) is 0 Å². The Kier molecular flexibility index (Phi) is 4.63. The predicted octanol–water partition coefficient (Wildman–Crippen LogP) is 3.62. The number of anilines is 1. The van der Waals surface area contributed by atoms with E-state index in [4.69, 9.17) is 11.6 Å². The summed E-state index contributed by atoms with van der Waals surface area (Å²) in [5.74, 6) is 0.243.